The summed E-state index contributed by atoms with van der Waals surface area (Å²) in [7, 11) is 1.90. The smallest absolute Gasteiger partial charge is 0.294 e. The van der Waals surface area contributed by atoms with Crippen LogP contribution in [0, 0.1) is 5.92 Å². The van der Waals surface area contributed by atoms with Gasteiger partial charge in [-0.25, -0.2) is 0 Å². The molecule has 2 rings (SSSR count). The molecule has 84 valence electrons. The highest BCUT2D eigenvalue weighted by Crippen LogP contribution is 2.29. The van der Waals surface area contributed by atoms with Gasteiger partial charge in [-0.05, 0) is 19.4 Å². The molecule has 1 heterocycles. The minimum Gasteiger partial charge on any atom is -0.469 e. The average Bonchev–Trinajstić information content (AvgIpc) is 2.58. The lowest BCUT2D eigenvalue weighted by molar-refractivity contribution is 0.220. The Labute approximate surface area is 94.1 Å². The Morgan fingerprint density at radius 3 is 3.00 bits per heavy atom. The van der Waals surface area contributed by atoms with Crippen LogP contribution >= 0.6 is 11.3 Å². The van der Waals surface area contributed by atoms with Crippen LogP contribution in [0.1, 0.15) is 30.7 Å². The molecular formula is C10H17N3OS. The van der Waals surface area contributed by atoms with E-state index < -0.39 is 0 Å². The van der Waals surface area contributed by atoms with Gasteiger partial charge in [0.25, 0.3) is 5.19 Å². The van der Waals surface area contributed by atoms with Crippen molar-refractivity contribution in [2.24, 2.45) is 5.92 Å². The second-order valence-electron chi connectivity index (χ2n) is 3.93. The van der Waals surface area contributed by atoms with Gasteiger partial charge in [-0.1, -0.05) is 30.6 Å². The number of hydrogen-bond acceptors (Lipinski definition) is 5. The van der Waals surface area contributed by atoms with Crippen molar-refractivity contribution in [2.45, 2.75) is 32.2 Å². The fourth-order valence-electron chi connectivity index (χ4n) is 1.61. The zero-order valence-electron chi connectivity index (χ0n) is 9.03. The molecule has 0 spiro atoms. The molecule has 1 aliphatic rings. The van der Waals surface area contributed by atoms with E-state index in [1.54, 1.807) is 0 Å². The van der Waals surface area contributed by atoms with Gasteiger partial charge in [0.1, 0.15) is 5.01 Å². The summed E-state index contributed by atoms with van der Waals surface area (Å²) in [5.74, 6) is 0.898. The Hall–Kier alpha value is -0.680. The molecule has 0 amide bonds. The highest BCUT2D eigenvalue weighted by Gasteiger charge is 2.17. The first kappa shape index (κ1) is 10.8. The van der Waals surface area contributed by atoms with Crippen LogP contribution in [0.25, 0.3) is 0 Å². The fraction of sp³-hybridized carbons (Fsp3) is 0.800. The summed E-state index contributed by atoms with van der Waals surface area (Å²) in [4.78, 5) is 0. The van der Waals surface area contributed by atoms with E-state index in [4.69, 9.17) is 4.74 Å². The molecule has 1 N–H and O–H groups in total. The third-order valence-electron chi connectivity index (χ3n) is 2.75. The largest absolute Gasteiger partial charge is 0.469 e. The Bertz CT molecular complexity index is 299. The fourth-order valence-corrected chi connectivity index (χ4v) is 2.34. The Morgan fingerprint density at radius 2 is 2.33 bits per heavy atom. The van der Waals surface area contributed by atoms with Crippen molar-refractivity contribution in [1.82, 2.24) is 15.5 Å². The molecular weight excluding hydrogens is 210 g/mol. The summed E-state index contributed by atoms with van der Waals surface area (Å²) >= 11 is 1.53. The molecule has 4 nitrogen and oxygen atoms in total. The zero-order valence-corrected chi connectivity index (χ0v) is 9.85. The van der Waals surface area contributed by atoms with Crippen LogP contribution in [0.15, 0.2) is 0 Å². The van der Waals surface area contributed by atoms with Crippen LogP contribution in [-0.2, 0) is 6.54 Å². The first-order chi connectivity index (χ1) is 7.38. The van der Waals surface area contributed by atoms with Gasteiger partial charge in [0.05, 0.1) is 6.61 Å². The second kappa shape index (κ2) is 5.42. The maximum Gasteiger partial charge on any atom is 0.294 e. The van der Waals surface area contributed by atoms with Crippen LogP contribution in [-0.4, -0.2) is 23.9 Å². The number of aromatic nitrogens is 2. The average molecular weight is 227 g/mol. The SMILES string of the molecule is CNCc1nnc(OCCC2CCC2)s1. The van der Waals surface area contributed by atoms with Gasteiger partial charge in [0.2, 0.25) is 0 Å². The van der Waals surface area contributed by atoms with Gasteiger partial charge in [-0.2, -0.15) is 0 Å². The molecule has 0 atom stereocenters. The zero-order chi connectivity index (χ0) is 10.5. The van der Waals surface area contributed by atoms with Crippen molar-refractivity contribution in [3.05, 3.63) is 5.01 Å². The predicted molar refractivity (Wildman–Crippen MR) is 60.1 cm³/mol. The van der Waals surface area contributed by atoms with Crippen molar-refractivity contribution in [1.29, 1.82) is 0 Å². The molecule has 1 fully saturated rings. The lowest BCUT2D eigenvalue weighted by Crippen LogP contribution is -2.14. The Balaban J connectivity index is 1.67. The number of nitrogens with zero attached hydrogens (tertiary/aromatic N) is 2. The van der Waals surface area contributed by atoms with Gasteiger partial charge in [-0.15, -0.1) is 10.2 Å². The van der Waals surface area contributed by atoms with Gasteiger partial charge in [0, 0.05) is 6.54 Å². The van der Waals surface area contributed by atoms with E-state index in [0.717, 1.165) is 24.1 Å². The summed E-state index contributed by atoms with van der Waals surface area (Å²) in [5, 5.41) is 12.7. The Kier molecular flexibility index (Phi) is 3.91. The lowest BCUT2D eigenvalue weighted by Gasteiger charge is -2.24. The summed E-state index contributed by atoms with van der Waals surface area (Å²) in [5.41, 5.74) is 0. The van der Waals surface area contributed by atoms with Gasteiger partial charge in [0.15, 0.2) is 0 Å². The van der Waals surface area contributed by atoms with Crippen molar-refractivity contribution >= 4 is 11.3 Å². The topological polar surface area (TPSA) is 47.0 Å². The van der Waals surface area contributed by atoms with Gasteiger partial charge in [-0.3, -0.25) is 0 Å². The quantitative estimate of drug-likeness (QED) is 0.805. The summed E-state index contributed by atoms with van der Waals surface area (Å²) in [6, 6.07) is 0. The first-order valence-corrected chi connectivity index (χ1v) is 6.30. The third kappa shape index (κ3) is 3.14. The summed E-state index contributed by atoms with van der Waals surface area (Å²) < 4.78 is 5.56. The van der Waals surface area contributed by atoms with Crippen LogP contribution < -0.4 is 10.1 Å². The van der Waals surface area contributed by atoms with Crippen molar-refractivity contribution in [3.8, 4) is 5.19 Å². The number of rotatable bonds is 6. The minimum absolute atomic E-state index is 0.708. The molecule has 1 saturated carbocycles. The number of ether oxygens (including phenoxy) is 1. The molecule has 1 aliphatic carbocycles. The third-order valence-corrected chi connectivity index (χ3v) is 3.59. The van der Waals surface area contributed by atoms with Gasteiger partial charge >= 0.3 is 0 Å². The van der Waals surface area contributed by atoms with Gasteiger partial charge < -0.3 is 10.1 Å². The maximum absolute atomic E-state index is 5.56. The van der Waals surface area contributed by atoms with E-state index in [9.17, 15) is 0 Å². The summed E-state index contributed by atoms with van der Waals surface area (Å²) in [6.45, 7) is 1.56. The molecule has 15 heavy (non-hydrogen) atoms. The van der Waals surface area contributed by atoms with Crippen LogP contribution in [0.5, 0.6) is 5.19 Å². The van der Waals surface area contributed by atoms with Crippen molar-refractivity contribution in [2.75, 3.05) is 13.7 Å². The van der Waals surface area contributed by atoms with E-state index in [-0.39, 0.29) is 0 Å². The standard InChI is InChI=1S/C10H17N3OS/c1-11-7-9-12-13-10(15-9)14-6-5-8-3-2-4-8/h8,11H,2-7H2,1H3. The lowest BCUT2D eigenvalue weighted by atomic mass is 9.83. The van der Waals surface area contributed by atoms with E-state index in [1.807, 2.05) is 7.05 Å². The molecule has 0 bridgehead atoms. The van der Waals surface area contributed by atoms with Crippen LogP contribution in [0.3, 0.4) is 0 Å². The van der Waals surface area contributed by atoms with E-state index in [0.29, 0.717) is 5.19 Å². The highest BCUT2D eigenvalue weighted by molar-refractivity contribution is 7.13. The minimum atomic E-state index is 0.708. The van der Waals surface area contributed by atoms with Crippen molar-refractivity contribution in [3.63, 3.8) is 0 Å². The number of hydrogen-bond donors (Lipinski definition) is 1. The van der Waals surface area contributed by atoms with E-state index in [1.165, 1.54) is 37.0 Å². The van der Waals surface area contributed by atoms with Crippen molar-refractivity contribution < 1.29 is 4.74 Å². The number of nitrogens with one attached hydrogen (secondary N) is 1. The van der Waals surface area contributed by atoms with Crippen LogP contribution in [0.2, 0.25) is 0 Å². The molecule has 0 unspecified atom stereocenters. The normalized spacial score (nSPS) is 16.3. The van der Waals surface area contributed by atoms with E-state index in [2.05, 4.69) is 15.5 Å². The monoisotopic (exact) mass is 227 g/mol. The molecule has 0 aromatic carbocycles. The molecule has 1 aromatic heterocycles. The Morgan fingerprint density at radius 1 is 1.47 bits per heavy atom. The van der Waals surface area contributed by atoms with E-state index >= 15 is 0 Å². The highest BCUT2D eigenvalue weighted by atomic mass is 32.1. The summed E-state index contributed by atoms with van der Waals surface area (Å²) in [6.07, 6.45) is 5.33. The second-order valence-corrected chi connectivity index (χ2v) is 4.95. The molecule has 1 aromatic rings. The molecule has 0 radical (unpaired) electrons. The van der Waals surface area contributed by atoms with Crippen LogP contribution in [0.4, 0.5) is 0 Å². The maximum atomic E-state index is 5.56. The molecule has 5 heteroatoms. The first-order valence-electron chi connectivity index (χ1n) is 5.48. The molecule has 0 saturated heterocycles. The predicted octanol–water partition coefficient (Wildman–Crippen LogP) is 1.83. The molecule has 0 aliphatic heterocycles.